The molecule has 0 atom stereocenters. The molecular weight excluding hydrogens is 715 g/mol. The van der Waals surface area contributed by atoms with E-state index in [-0.39, 0.29) is 0 Å². The second-order valence-corrected chi connectivity index (χ2v) is 15.4. The maximum atomic E-state index is 4.61. The van der Waals surface area contributed by atoms with Crippen molar-refractivity contribution >= 4 is 64.9 Å². The highest BCUT2D eigenvalue weighted by Gasteiger charge is 2.18. The molecule has 0 N–H and O–H groups in total. The van der Waals surface area contributed by atoms with E-state index < -0.39 is 0 Å². The first kappa shape index (κ1) is 33.3. The van der Waals surface area contributed by atoms with Gasteiger partial charge in [-0.25, -0.2) is 0 Å². The molecule has 3 nitrogen and oxygen atoms in total. The zero-order valence-electron chi connectivity index (χ0n) is 32.0. The van der Waals surface area contributed by atoms with Crippen molar-refractivity contribution in [1.82, 2.24) is 14.5 Å². The van der Waals surface area contributed by atoms with Gasteiger partial charge in [0.15, 0.2) is 0 Å². The molecule has 0 spiro atoms. The second kappa shape index (κ2) is 13.4. The van der Waals surface area contributed by atoms with Gasteiger partial charge in [0.25, 0.3) is 0 Å². The van der Waals surface area contributed by atoms with Crippen LogP contribution in [0.15, 0.2) is 213 Å². The van der Waals surface area contributed by atoms with Crippen molar-refractivity contribution in [3.05, 3.63) is 213 Å². The van der Waals surface area contributed by atoms with E-state index in [1.54, 1.807) is 0 Å². The molecule has 59 heavy (non-hydrogen) atoms. The Morgan fingerprint density at radius 2 is 0.780 bits per heavy atom. The largest absolute Gasteiger partial charge is 0.308 e. The molecule has 0 aliphatic rings. The summed E-state index contributed by atoms with van der Waals surface area (Å²) >= 11 is 0. The number of hydrogen-bond acceptors (Lipinski definition) is 2. The molecule has 0 aliphatic carbocycles. The average molecular weight is 750 g/mol. The first-order chi connectivity index (χ1) is 29.2. The van der Waals surface area contributed by atoms with E-state index in [0.717, 1.165) is 22.5 Å². The average Bonchev–Trinajstić information content (AvgIpc) is 3.65. The molecule has 0 unspecified atom stereocenters. The molecule has 9 aromatic carbocycles. The van der Waals surface area contributed by atoms with Gasteiger partial charge in [-0.3, -0.25) is 9.97 Å². The number of fused-ring (bicyclic) bond motifs is 8. The Morgan fingerprint density at radius 3 is 1.42 bits per heavy atom. The monoisotopic (exact) mass is 749 g/mol. The lowest BCUT2D eigenvalue weighted by Gasteiger charge is -2.14. The Morgan fingerprint density at radius 1 is 0.288 bits per heavy atom. The summed E-state index contributed by atoms with van der Waals surface area (Å²) in [6.07, 6.45) is 3.71. The number of aromatic nitrogens is 3. The van der Waals surface area contributed by atoms with Gasteiger partial charge in [-0.15, -0.1) is 0 Å². The van der Waals surface area contributed by atoms with Crippen LogP contribution in [0.4, 0.5) is 0 Å². The highest BCUT2D eigenvalue weighted by Crippen LogP contribution is 2.41. The van der Waals surface area contributed by atoms with Crippen LogP contribution in [0.3, 0.4) is 0 Å². The van der Waals surface area contributed by atoms with Crippen molar-refractivity contribution in [3.63, 3.8) is 0 Å². The van der Waals surface area contributed by atoms with Crippen LogP contribution in [0, 0.1) is 0 Å². The summed E-state index contributed by atoms with van der Waals surface area (Å²) in [5, 5.41) is 12.2. The molecule has 12 rings (SSSR count). The third kappa shape index (κ3) is 5.59. The van der Waals surface area contributed by atoms with E-state index in [9.17, 15) is 0 Å². The van der Waals surface area contributed by atoms with Crippen LogP contribution in [0.25, 0.3) is 115 Å². The third-order valence-electron chi connectivity index (χ3n) is 12.0. The summed E-state index contributed by atoms with van der Waals surface area (Å²) in [6.45, 7) is 0. The van der Waals surface area contributed by atoms with Gasteiger partial charge in [-0.05, 0) is 121 Å². The van der Waals surface area contributed by atoms with Crippen LogP contribution in [0.1, 0.15) is 0 Å². The fraction of sp³-hybridized carbons (Fsp3) is 0. The molecule has 0 aliphatic heterocycles. The highest BCUT2D eigenvalue weighted by atomic mass is 15.0. The predicted octanol–water partition coefficient (Wildman–Crippen LogP) is 14.9. The van der Waals surface area contributed by atoms with Crippen molar-refractivity contribution in [1.29, 1.82) is 0 Å². The van der Waals surface area contributed by atoms with Gasteiger partial charge in [0.05, 0.1) is 28.1 Å². The fourth-order valence-electron chi connectivity index (χ4n) is 9.09. The molecule has 0 radical (unpaired) electrons. The normalized spacial score (nSPS) is 11.7. The Balaban J connectivity index is 1.04. The Kier molecular flexibility index (Phi) is 7.54. The molecular formula is C56H35N3. The van der Waals surface area contributed by atoms with Crippen molar-refractivity contribution in [2.75, 3.05) is 0 Å². The molecule has 3 aromatic heterocycles. The molecule has 0 saturated carbocycles. The highest BCUT2D eigenvalue weighted by molar-refractivity contribution is 6.20. The lowest BCUT2D eigenvalue weighted by molar-refractivity contribution is 1.20. The lowest BCUT2D eigenvalue weighted by atomic mass is 9.96. The van der Waals surface area contributed by atoms with Gasteiger partial charge in [0.2, 0.25) is 0 Å². The van der Waals surface area contributed by atoms with Gasteiger partial charge in [0, 0.05) is 45.1 Å². The van der Waals surface area contributed by atoms with E-state index in [4.69, 9.17) is 0 Å². The van der Waals surface area contributed by atoms with Crippen molar-refractivity contribution in [2.45, 2.75) is 0 Å². The summed E-state index contributed by atoms with van der Waals surface area (Å²) in [7, 11) is 0. The molecule has 3 heterocycles. The van der Waals surface area contributed by atoms with Crippen LogP contribution in [0.5, 0.6) is 0 Å². The van der Waals surface area contributed by atoms with Crippen LogP contribution >= 0.6 is 0 Å². The quantitative estimate of drug-likeness (QED) is 0.175. The molecule has 274 valence electrons. The smallest absolute Gasteiger partial charge is 0.0702 e. The summed E-state index contributed by atoms with van der Waals surface area (Å²) in [5.74, 6) is 0. The van der Waals surface area contributed by atoms with E-state index in [0.29, 0.717) is 0 Å². The fourth-order valence-corrected chi connectivity index (χ4v) is 9.09. The van der Waals surface area contributed by atoms with E-state index >= 15 is 0 Å². The van der Waals surface area contributed by atoms with Crippen LogP contribution < -0.4 is 0 Å². The minimum Gasteiger partial charge on any atom is -0.308 e. The van der Waals surface area contributed by atoms with Gasteiger partial charge in [-0.2, -0.15) is 0 Å². The Labute approximate surface area is 341 Å². The zero-order chi connectivity index (χ0) is 38.9. The first-order valence-corrected chi connectivity index (χ1v) is 20.1. The molecule has 0 amide bonds. The summed E-state index contributed by atoms with van der Waals surface area (Å²) in [6, 6.07) is 72.9. The van der Waals surface area contributed by atoms with Crippen LogP contribution in [-0.2, 0) is 0 Å². The summed E-state index contributed by atoms with van der Waals surface area (Å²) < 4.78 is 2.51. The van der Waals surface area contributed by atoms with E-state index in [1.807, 2.05) is 36.7 Å². The number of nitrogens with zero attached hydrogens (tertiary/aromatic N) is 3. The lowest BCUT2D eigenvalue weighted by Crippen LogP contribution is -1.96. The maximum Gasteiger partial charge on any atom is 0.0702 e. The minimum atomic E-state index is 0.979. The number of hydrogen-bond donors (Lipinski definition) is 0. The second-order valence-electron chi connectivity index (χ2n) is 15.4. The summed E-state index contributed by atoms with van der Waals surface area (Å²) in [4.78, 5) is 9.21. The Hall–Kier alpha value is -7.88. The van der Waals surface area contributed by atoms with E-state index in [1.165, 1.54) is 92.8 Å². The standard InChI is InChI=1S/C56H35N3/c1-2-10-48-38(8-1)9-7-13-54(48)59-55-35-42(40-19-15-37-17-21-45(34-47(37)32-40)53-12-4-6-29-58-53)23-26-50(55)51-27-24-43-30-41(22-25-49(43)56(51)59)39-18-14-36-16-20-44(33-46(36)31-39)52-11-3-5-28-57-52/h1-35H. The van der Waals surface area contributed by atoms with Gasteiger partial charge in [-0.1, -0.05) is 133 Å². The third-order valence-corrected chi connectivity index (χ3v) is 12.0. The topological polar surface area (TPSA) is 30.7 Å². The van der Waals surface area contributed by atoms with Crippen molar-refractivity contribution in [2.24, 2.45) is 0 Å². The molecule has 0 fully saturated rings. The predicted molar refractivity (Wildman–Crippen MR) is 248 cm³/mol. The summed E-state index contributed by atoms with van der Waals surface area (Å²) in [5.41, 5.74) is 12.5. The minimum absolute atomic E-state index is 0.979. The number of pyridine rings is 2. The maximum absolute atomic E-state index is 4.61. The van der Waals surface area contributed by atoms with Gasteiger partial charge >= 0.3 is 0 Å². The molecule has 0 saturated heterocycles. The van der Waals surface area contributed by atoms with Crippen LogP contribution in [0.2, 0.25) is 0 Å². The van der Waals surface area contributed by atoms with Crippen molar-refractivity contribution in [3.8, 4) is 50.5 Å². The molecule has 0 bridgehead atoms. The number of benzene rings is 9. The molecule has 3 heteroatoms. The Bertz CT molecular complexity index is 3600. The first-order valence-electron chi connectivity index (χ1n) is 20.1. The SMILES string of the molecule is c1ccc(-c2ccc3ccc(-c4ccc5c(ccc6c7ccc(-c8ccc9ccc(-c%10ccccn%10)cc9c8)cc7n(-c7cccc8ccccc78)c56)c4)cc3c2)nc1. The van der Waals surface area contributed by atoms with Gasteiger partial charge in [0.1, 0.15) is 0 Å². The van der Waals surface area contributed by atoms with Crippen LogP contribution in [-0.4, -0.2) is 14.5 Å². The molecule has 12 aromatic rings. The van der Waals surface area contributed by atoms with Gasteiger partial charge < -0.3 is 4.57 Å². The number of rotatable bonds is 5. The van der Waals surface area contributed by atoms with Crippen molar-refractivity contribution < 1.29 is 0 Å². The zero-order valence-corrected chi connectivity index (χ0v) is 32.0. The van der Waals surface area contributed by atoms with E-state index in [2.05, 4.69) is 190 Å².